The highest BCUT2D eigenvalue weighted by Crippen LogP contribution is 2.32. The van der Waals surface area contributed by atoms with Crippen LogP contribution in [0.2, 0.25) is 0 Å². The van der Waals surface area contributed by atoms with Crippen molar-refractivity contribution in [2.75, 3.05) is 26.2 Å². The predicted octanol–water partition coefficient (Wildman–Crippen LogP) is 2.95. The van der Waals surface area contributed by atoms with Crippen molar-refractivity contribution in [2.24, 2.45) is 0 Å². The van der Waals surface area contributed by atoms with Crippen molar-refractivity contribution in [3.05, 3.63) is 35.6 Å². The summed E-state index contributed by atoms with van der Waals surface area (Å²) in [6, 6.07) is 6.37. The molecule has 1 aromatic heterocycles. The van der Waals surface area contributed by atoms with Gasteiger partial charge >= 0.3 is 0 Å². The molecule has 2 saturated heterocycles. The Morgan fingerprint density at radius 1 is 1.32 bits per heavy atom. The van der Waals surface area contributed by atoms with Crippen LogP contribution in [0, 0.1) is 6.92 Å². The third kappa shape index (κ3) is 3.41. The van der Waals surface area contributed by atoms with E-state index in [-0.39, 0.29) is 17.4 Å². The van der Waals surface area contributed by atoms with E-state index in [4.69, 9.17) is 4.42 Å². The normalized spacial score (nSPS) is 25.1. The Labute approximate surface area is 165 Å². The Morgan fingerprint density at radius 3 is 2.86 bits per heavy atom. The van der Waals surface area contributed by atoms with Gasteiger partial charge in [0.15, 0.2) is 0 Å². The van der Waals surface area contributed by atoms with E-state index in [0.717, 1.165) is 42.3 Å². The van der Waals surface area contributed by atoms with Crippen LogP contribution in [0.15, 0.2) is 28.9 Å². The number of rotatable bonds is 5. The van der Waals surface area contributed by atoms with Crippen LogP contribution in [0.1, 0.15) is 49.0 Å². The molecular weight excluding hydrogens is 354 g/mol. The smallest absolute Gasteiger partial charge is 0.258 e. The lowest BCUT2D eigenvalue weighted by atomic mass is 9.97. The molecule has 6 nitrogen and oxygen atoms in total. The van der Waals surface area contributed by atoms with Crippen molar-refractivity contribution < 1.29 is 14.0 Å². The molecule has 2 amide bonds. The fourth-order valence-electron chi connectivity index (χ4n) is 4.34. The van der Waals surface area contributed by atoms with Crippen molar-refractivity contribution in [3.8, 4) is 0 Å². The van der Waals surface area contributed by atoms with E-state index >= 15 is 0 Å². The molecule has 28 heavy (non-hydrogen) atoms. The zero-order valence-electron chi connectivity index (χ0n) is 17.0. The Balaban J connectivity index is 1.46. The highest BCUT2D eigenvalue weighted by atomic mass is 16.3. The van der Waals surface area contributed by atoms with E-state index in [9.17, 15) is 9.59 Å². The first-order valence-corrected chi connectivity index (χ1v) is 10.2. The Kier molecular flexibility index (Phi) is 4.91. The van der Waals surface area contributed by atoms with Crippen molar-refractivity contribution in [1.82, 2.24) is 15.1 Å². The summed E-state index contributed by atoms with van der Waals surface area (Å²) in [6.07, 6.45) is 4.55. The summed E-state index contributed by atoms with van der Waals surface area (Å²) < 4.78 is 5.60. The molecule has 150 valence electrons. The van der Waals surface area contributed by atoms with Crippen LogP contribution >= 0.6 is 0 Å². The molecule has 2 aliphatic rings. The predicted molar refractivity (Wildman–Crippen MR) is 108 cm³/mol. The molecular formula is C22H29N3O3. The van der Waals surface area contributed by atoms with Crippen LogP contribution in [-0.4, -0.2) is 59.4 Å². The largest absolute Gasteiger partial charge is 0.463 e. The monoisotopic (exact) mass is 383 g/mol. The second-order valence-corrected chi connectivity index (χ2v) is 8.59. The van der Waals surface area contributed by atoms with Gasteiger partial charge in [-0.3, -0.25) is 14.5 Å². The molecule has 0 spiro atoms. The Hall–Kier alpha value is -2.34. The van der Waals surface area contributed by atoms with Gasteiger partial charge in [0.2, 0.25) is 5.91 Å². The van der Waals surface area contributed by atoms with E-state index in [2.05, 4.69) is 24.1 Å². The first-order valence-electron chi connectivity index (χ1n) is 10.2. The number of hydrogen-bond acceptors (Lipinski definition) is 4. The fraction of sp³-hybridized carbons (Fsp3) is 0.545. The van der Waals surface area contributed by atoms with Crippen LogP contribution in [0.3, 0.4) is 0 Å². The van der Waals surface area contributed by atoms with Gasteiger partial charge < -0.3 is 14.6 Å². The molecule has 2 aromatic rings. The van der Waals surface area contributed by atoms with Gasteiger partial charge in [-0.25, -0.2) is 0 Å². The van der Waals surface area contributed by atoms with Crippen molar-refractivity contribution in [2.45, 2.75) is 51.6 Å². The second-order valence-electron chi connectivity index (χ2n) is 8.59. The first-order chi connectivity index (χ1) is 13.4. The van der Waals surface area contributed by atoms with Gasteiger partial charge in [0, 0.05) is 31.1 Å². The zero-order chi connectivity index (χ0) is 19.9. The van der Waals surface area contributed by atoms with Crippen LogP contribution < -0.4 is 5.32 Å². The van der Waals surface area contributed by atoms with Crippen LogP contribution in [0.25, 0.3) is 11.0 Å². The molecule has 0 bridgehead atoms. The minimum Gasteiger partial charge on any atom is -0.463 e. The van der Waals surface area contributed by atoms with Gasteiger partial charge in [0.05, 0.1) is 17.6 Å². The third-order valence-corrected chi connectivity index (χ3v) is 6.42. The first kappa shape index (κ1) is 19.0. The van der Waals surface area contributed by atoms with Crippen LogP contribution in [0.4, 0.5) is 0 Å². The molecule has 1 N–H and O–H groups in total. The summed E-state index contributed by atoms with van der Waals surface area (Å²) in [4.78, 5) is 29.7. The van der Waals surface area contributed by atoms with Gasteiger partial charge in [-0.1, -0.05) is 11.6 Å². The van der Waals surface area contributed by atoms with Gasteiger partial charge in [0.25, 0.3) is 5.91 Å². The highest BCUT2D eigenvalue weighted by Gasteiger charge is 2.41. The number of carbonyl (C=O) groups excluding carboxylic acids is 2. The number of nitrogens with zero attached hydrogens (tertiary/aromatic N) is 2. The lowest BCUT2D eigenvalue weighted by molar-refractivity contribution is -0.124. The number of fused-ring (bicyclic) bond motifs is 1. The van der Waals surface area contributed by atoms with E-state index in [0.29, 0.717) is 31.2 Å². The number of hydrogen-bond donors (Lipinski definition) is 1. The number of likely N-dealkylation sites (tertiary alicyclic amines) is 2. The zero-order valence-corrected chi connectivity index (χ0v) is 17.0. The van der Waals surface area contributed by atoms with Crippen LogP contribution in [-0.2, 0) is 4.79 Å². The quantitative estimate of drug-likeness (QED) is 0.862. The summed E-state index contributed by atoms with van der Waals surface area (Å²) >= 11 is 0. The maximum Gasteiger partial charge on any atom is 0.258 e. The molecule has 2 atom stereocenters. The standard InChI is InChI=1S/C22H29N3O3/c1-15-5-6-19-17(11-15)18(13-28-19)21(27)25-9-4-8-22(25,3)14-23-20(26)12-24-10-7-16(24)2/h5-6,11,13,16H,4,7-10,12,14H2,1-3H3,(H,23,26). The molecule has 0 radical (unpaired) electrons. The number of furan rings is 1. The summed E-state index contributed by atoms with van der Waals surface area (Å²) in [5, 5.41) is 3.92. The summed E-state index contributed by atoms with van der Waals surface area (Å²) in [5.41, 5.74) is 2.06. The Bertz CT molecular complexity index is 906. The number of carbonyl (C=O) groups is 2. The van der Waals surface area contributed by atoms with Crippen molar-refractivity contribution in [3.63, 3.8) is 0 Å². The highest BCUT2D eigenvalue weighted by molar-refractivity contribution is 6.06. The SMILES string of the molecule is Cc1ccc2occ(C(=O)N3CCCC3(C)CNC(=O)CN3CCC3C)c2c1. The summed E-state index contributed by atoms with van der Waals surface area (Å²) in [7, 11) is 0. The van der Waals surface area contributed by atoms with Crippen LogP contribution in [0.5, 0.6) is 0 Å². The maximum absolute atomic E-state index is 13.3. The number of aryl methyl sites for hydroxylation is 1. The third-order valence-electron chi connectivity index (χ3n) is 6.42. The maximum atomic E-state index is 13.3. The van der Waals surface area contributed by atoms with E-state index in [1.54, 1.807) is 6.26 Å². The summed E-state index contributed by atoms with van der Waals surface area (Å²) in [6.45, 7) is 8.83. The molecule has 0 saturated carbocycles. The number of amides is 2. The topological polar surface area (TPSA) is 65.8 Å². The molecule has 4 rings (SSSR count). The number of benzene rings is 1. The van der Waals surface area contributed by atoms with Crippen molar-refractivity contribution >= 4 is 22.8 Å². The fourth-order valence-corrected chi connectivity index (χ4v) is 4.34. The molecule has 0 aliphatic carbocycles. The second kappa shape index (κ2) is 7.24. The van der Waals surface area contributed by atoms with E-state index in [1.165, 1.54) is 0 Å². The van der Waals surface area contributed by atoms with E-state index < -0.39 is 0 Å². The molecule has 1 aromatic carbocycles. The van der Waals surface area contributed by atoms with Crippen molar-refractivity contribution in [1.29, 1.82) is 0 Å². The molecule has 2 fully saturated rings. The molecule has 3 heterocycles. The van der Waals surface area contributed by atoms with Gasteiger partial charge in [-0.2, -0.15) is 0 Å². The summed E-state index contributed by atoms with van der Waals surface area (Å²) in [5.74, 6) is 0.0198. The molecule has 2 unspecified atom stereocenters. The average molecular weight is 383 g/mol. The minimum absolute atomic E-state index is 0.0186. The van der Waals surface area contributed by atoms with Gasteiger partial charge in [-0.15, -0.1) is 0 Å². The molecule has 2 aliphatic heterocycles. The molecule has 6 heteroatoms. The lowest BCUT2D eigenvalue weighted by Gasteiger charge is -2.39. The lowest BCUT2D eigenvalue weighted by Crippen LogP contribution is -2.55. The Morgan fingerprint density at radius 2 is 2.14 bits per heavy atom. The number of nitrogens with one attached hydrogen (secondary N) is 1. The van der Waals surface area contributed by atoms with Gasteiger partial charge in [0.1, 0.15) is 11.8 Å². The van der Waals surface area contributed by atoms with Gasteiger partial charge in [-0.05, 0) is 52.2 Å². The van der Waals surface area contributed by atoms with E-state index in [1.807, 2.05) is 30.0 Å². The minimum atomic E-state index is -0.374. The average Bonchev–Trinajstić information content (AvgIpc) is 3.26.